The average molecular weight is 437 g/mol. The number of amides is 1. The molecule has 4 nitrogen and oxygen atoms in total. The van der Waals surface area contributed by atoms with Crippen LogP contribution in [0.4, 0.5) is 0 Å². The molecule has 4 rings (SSSR count). The van der Waals surface area contributed by atoms with Gasteiger partial charge in [0.2, 0.25) is 5.91 Å². The molecule has 0 aromatic heterocycles. The molecular formula is C26H29ClN2O2. The Kier molecular flexibility index (Phi) is 8.24. The molecule has 2 N–H and O–H groups in total. The number of carbonyl (C=O) groups is 1. The fourth-order valence-corrected chi connectivity index (χ4v) is 4.20. The van der Waals surface area contributed by atoms with Gasteiger partial charge in [0, 0.05) is 19.6 Å². The van der Waals surface area contributed by atoms with Crippen LogP contribution in [0.15, 0.2) is 91.0 Å². The summed E-state index contributed by atoms with van der Waals surface area (Å²) in [7, 11) is 0. The van der Waals surface area contributed by atoms with E-state index in [1.807, 2.05) is 78.9 Å². The Bertz CT molecular complexity index is 898. The van der Waals surface area contributed by atoms with Crippen LogP contribution >= 0.6 is 12.4 Å². The molecular weight excluding hydrogens is 408 g/mol. The average Bonchev–Trinajstić information content (AvgIpc) is 3.20. The van der Waals surface area contributed by atoms with Gasteiger partial charge in [-0.1, -0.05) is 91.0 Å². The maximum Gasteiger partial charge on any atom is 0.232 e. The number of rotatable bonds is 7. The number of nitrogens with zero attached hydrogens (tertiary/aromatic N) is 1. The fourth-order valence-electron chi connectivity index (χ4n) is 4.20. The first-order valence-corrected chi connectivity index (χ1v) is 10.6. The van der Waals surface area contributed by atoms with Crippen LogP contribution in [0.25, 0.3) is 0 Å². The minimum absolute atomic E-state index is 0. The Morgan fingerprint density at radius 3 is 1.81 bits per heavy atom. The second-order valence-electron chi connectivity index (χ2n) is 7.93. The number of β-amino-alcohol motifs (C(OH)–C–C–N with tert-alkyl or cyclic N) is 1. The molecule has 0 radical (unpaired) electrons. The highest BCUT2D eigenvalue weighted by molar-refractivity contribution is 5.87. The van der Waals surface area contributed by atoms with E-state index in [1.54, 1.807) is 0 Å². The number of hydrogen-bond acceptors (Lipinski definition) is 3. The van der Waals surface area contributed by atoms with Gasteiger partial charge in [0.1, 0.15) is 0 Å². The highest BCUT2D eigenvalue weighted by Gasteiger charge is 2.28. The van der Waals surface area contributed by atoms with Crippen LogP contribution in [0.3, 0.4) is 0 Å². The highest BCUT2D eigenvalue weighted by atomic mass is 35.5. The molecule has 0 bridgehead atoms. The van der Waals surface area contributed by atoms with Crippen LogP contribution < -0.4 is 5.32 Å². The minimum Gasteiger partial charge on any atom is -0.392 e. The van der Waals surface area contributed by atoms with Crippen molar-refractivity contribution in [3.05, 3.63) is 108 Å². The predicted octanol–water partition coefficient (Wildman–Crippen LogP) is 4.16. The first-order valence-electron chi connectivity index (χ1n) is 10.6. The molecule has 0 spiro atoms. The third-order valence-corrected chi connectivity index (χ3v) is 5.73. The number of likely N-dealkylation sites (tertiary alicyclic amines) is 1. The van der Waals surface area contributed by atoms with Crippen molar-refractivity contribution in [2.75, 3.05) is 19.6 Å². The number of nitrogens with one attached hydrogen (secondary N) is 1. The van der Waals surface area contributed by atoms with Crippen LogP contribution in [0, 0.1) is 0 Å². The lowest BCUT2D eigenvalue weighted by atomic mass is 9.90. The monoisotopic (exact) mass is 436 g/mol. The predicted molar refractivity (Wildman–Crippen MR) is 126 cm³/mol. The van der Waals surface area contributed by atoms with Crippen LogP contribution in [0.2, 0.25) is 0 Å². The van der Waals surface area contributed by atoms with E-state index in [4.69, 9.17) is 0 Å². The van der Waals surface area contributed by atoms with Gasteiger partial charge in [0.25, 0.3) is 0 Å². The Hall–Kier alpha value is -2.66. The minimum atomic E-state index is -0.372. The molecule has 162 valence electrons. The fraction of sp³-hybridized carbons (Fsp3) is 0.269. The molecule has 1 heterocycles. The maximum absolute atomic E-state index is 13.6. The van der Waals surface area contributed by atoms with Gasteiger partial charge in [-0.15, -0.1) is 12.4 Å². The van der Waals surface area contributed by atoms with Gasteiger partial charge < -0.3 is 10.4 Å². The number of benzene rings is 3. The Morgan fingerprint density at radius 2 is 1.35 bits per heavy atom. The third kappa shape index (κ3) is 5.95. The zero-order valence-electron chi connectivity index (χ0n) is 17.4. The normalized spacial score (nSPS) is 17.2. The number of halogens is 1. The molecule has 1 aliphatic heterocycles. The summed E-state index contributed by atoms with van der Waals surface area (Å²) in [6.45, 7) is 2.18. The first-order chi connectivity index (χ1) is 14.7. The summed E-state index contributed by atoms with van der Waals surface area (Å²) in [4.78, 5) is 15.8. The molecule has 0 aliphatic carbocycles. The SMILES string of the molecule is Cl.O=C(N[C@H](CN1CC[C@H](O)C1)c1ccccc1)C(c1ccccc1)c1ccccc1. The van der Waals surface area contributed by atoms with E-state index in [2.05, 4.69) is 22.3 Å². The summed E-state index contributed by atoms with van der Waals surface area (Å²) >= 11 is 0. The van der Waals surface area contributed by atoms with Crippen molar-refractivity contribution < 1.29 is 9.90 Å². The quantitative estimate of drug-likeness (QED) is 0.584. The molecule has 5 heteroatoms. The van der Waals surface area contributed by atoms with Gasteiger partial charge >= 0.3 is 0 Å². The lowest BCUT2D eigenvalue weighted by Crippen LogP contribution is -2.39. The van der Waals surface area contributed by atoms with Crippen molar-refractivity contribution in [3.63, 3.8) is 0 Å². The van der Waals surface area contributed by atoms with Crippen molar-refractivity contribution in [1.82, 2.24) is 10.2 Å². The van der Waals surface area contributed by atoms with Gasteiger partial charge in [0.05, 0.1) is 18.1 Å². The molecule has 1 amide bonds. The zero-order valence-corrected chi connectivity index (χ0v) is 18.2. The van der Waals surface area contributed by atoms with E-state index >= 15 is 0 Å². The summed E-state index contributed by atoms with van der Waals surface area (Å²) in [6.07, 6.45) is 0.505. The molecule has 2 atom stereocenters. The van der Waals surface area contributed by atoms with Gasteiger partial charge in [-0.3, -0.25) is 9.69 Å². The topological polar surface area (TPSA) is 52.6 Å². The maximum atomic E-state index is 13.6. The highest BCUT2D eigenvalue weighted by Crippen LogP contribution is 2.27. The van der Waals surface area contributed by atoms with Crippen LogP contribution in [0.5, 0.6) is 0 Å². The summed E-state index contributed by atoms with van der Waals surface area (Å²) in [6, 6.07) is 29.8. The molecule has 1 saturated heterocycles. The number of aliphatic hydroxyl groups is 1. The third-order valence-electron chi connectivity index (χ3n) is 5.73. The van der Waals surface area contributed by atoms with Crippen molar-refractivity contribution >= 4 is 18.3 Å². The Labute approximate surface area is 190 Å². The number of hydrogen-bond donors (Lipinski definition) is 2. The summed E-state index contributed by atoms with van der Waals surface area (Å²) < 4.78 is 0. The summed E-state index contributed by atoms with van der Waals surface area (Å²) in [5.41, 5.74) is 3.03. The molecule has 1 aliphatic rings. The standard InChI is InChI=1S/C26H28N2O2.ClH/c29-23-16-17-28(18-23)19-24(20-10-4-1-5-11-20)27-26(30)25(21-12-6-2-7-13-21)22-14-8-3-9-15-22;/h1-15,23-25,29H,16-19H2,(H,27,30);1H/t23-,24+;/m0./s1. The van der Waals surface area contributed by atoms with Gasteiger partial charge in [-0.2, -0.15) is 0 Å². The van der Waals surface area contributed by atoms with Crippen molar-refractivity contribution in [2.24, 2.45) is 0 Å². The lowest BCUT2D eigenvalue weighted by Gasteiger charge is -2.27. The second kappa shape index (κ2) is 11.1. The van der Waals surface area contributed by atoms with Crippen LogP contribution in [-0.2, 0) is 4.79 Å². The lowest BCUT2D eigenvalue weighted by molar-refractivity contribution is -0.122. The van der Waals surface area contributed by atoms with Crippen molar-refractivity contribution in [3.8, 4) is 0 Å². The second-order valence-corrected chi connectivity index (χ2v) is 7.93. The van der Waals surface area contributed by atoms with Gasteiger partial charge in [-0.25, -0.2) is 0 Å². The Morgan fingerprint density at radius 1 is 0.871 bits per heavy atom. The number of aliphatic hydroxyl groups excluding tert-OH is 1. The summed E-state index contributed by atoms with van der Waals surface area (Å²) in [5.74, 6) is -0.385. The van der Waals surface area contributed by atoms with Gasteiger partial charge in [-0.05, 0) is 23.1 Å². The first kappa shape index (κ1) is 23.0. The molecule has 0 unspecified atom stereocenters. The Balaban J connectivity index is 0.00000272. The van der Waals surface area contributed by atoms with Crippen molar-refractivity contribution in [1.29, 1.82) is 0 Å². The molecule has 31 heavy (non-hydrogen) atoms. The van der Waals surface area contributed by atoms with E-state index in [1.165, 1.54) is 0 Å². The van der Waals surface area contributed by atoms with Crippen LogP contribution in [0.1, 0.15) is 35.1 Å². The molecule has 0 saturated carbocycles. The number of carbonyl (C=O) groups excluding carboxylic acids is 1. The van der Waals surface area contributed by atoms with E-state index in [0.29, 0.717) is 13.1 Å². The van der Waals surface area contributed by atoms with Crippen molar-refractivity contribution in [2.45, 2.75) is 24.5 Å². The largest absolute Gasteiger partial charge is 0.392 e. The van der Waals surface area contributed by atoms with Crippen LogP contribution in [-0.4, -0.2) is 41.7 Å². The van der Waals surface area contributed by atoms with E-state index in [9.17, 15) is 9.90 Å². The van der Waals surface area contributed by atoms with E-state index < -0.39 is 0 Å². The van der Waals surface area contributed by atoms with E-state index in [-0.39, 0.29) is 36.4 Å². The molecule has 3 aromatic rings. The zero-order chi connectivity index (χ0) is 20.8. The molecule has 3 aromatic carbocycles. The van der Waals surface area contributed by atoms with E-state index in [0.717, 1.165) is 29.7 Å². The smallest absolute Gasteiger partial charge is 0.232 e. The van der Waals surface area contributed by atoms with Gasteiger partial charge in [0.15, 0.2) is 0 Å². The molecule has 1 fully saturated rings. The summed E-state index contributed by atoms with van der Waals surface area (Å²) in [5, 5.41) is 13.2.